The maximum Gasteiger partial charge on any atom is 0.307 e. The third-order valence-electron chi connectivity index (χ3n) is 3.64. The summed E-state index contributed by atoms with van der Waals surface area (Å²) in [5, 5.41) is 22.2. The fourth-order valence-corrected chi connectivity index (χ4v) is 2.45. The summed E-state index contributed by atoms with van der Waals surface area (Å²) in [6.07, 6.45) is 2.10. The van der Waals surface area contributed by atoms with Gasteiger partial charge in [0.05, 0.1) is 30.4 Å². The number of rotatable bonds is 8. The van der Waals surface area contributed by atoms with Gasteiger partial charge >= 0.3 is 5.97 Å². The number of oxime groups is 1. The highest BCUT2D eigenvalue weighted by atomic mass is 16.7. The van der Waals surface area contributed by atoms with Crippen molar-refractivity contribution in [2.45, 2.75) is 38.2 Å². The van der Waals surface area contributed by atoms with Crippen molar-refractivity contribution >= 4 is 11.7 Å². The molecule has 6 heteroatoms. The van der Waals surface area contributed by atoms with E-state index in [0.29, 0.717) is 24.3 Å². The Balaban J connectivity index is 2.08. The Morgan fingerprint density at radius 1 is 1.57 bits per heavy atom. The first-order valence-corrected chi connectivity index (χ1v) is 7.64. The van der Waals surface area contributed by atoms with Crippen molar-refractivity contribution in [3.63, 3.8) is 0 Å². The number of hydrogen-bond acceptors (Lipinski definition) is 5. The highest BCUT2D eigenvalue weighted by Gasteiger charge is 2.42. The predicted molar refractivity (Wildman–Crippen MR) is 84.1 cm³/mol. The van der Waals surface area contributed by atoms with Gasteiger partial charge in [-0.05, 0) is 18.6 Å². The molecular formula is C17H20N2O4. The molecule has 1 N–H and O–H groups in total. The average molecular weight is 316 g/mol. The molecule has 1 atom stereocenters. The van der Waals surface area contributed by atoms with Crippen LogP contribution in [0.2, 0.25) is 0 Å². The fraction of sp³-hybridized carbons (Fsp3) is 0.471. The lowest BCUT2D eigenvalue weighted by Gasteiger charge is -2.24. The van der Waals surface area contributed by atoms with E-state index in [1.807, 2.05) is 6.07 Å². The molecule has 0 aliphatic carbocycles. The number of nitrogens with zero attached hydrogens (tertiary/aromatic N) is 2. The molecule has 0 bridgehead atoms. The van der Waals surface area contributed by atoms with Crippen LogP contribution in [0.15, 0.2) is 29.4 Å². The standard InChI is InChI=1S/C17H20N2O4/c1-2-3-7-22-12-17(10-16(20)21)9-15(19-23-17)14-6-4-5-13(8-14)11-18/h4-6,8H,2-3,7,9-10,12H2,1H3,(H,20,21). The Labute approximate surface area is 135 Å². The van der Waals surface area contributed by atoms with E-state index in [1.165, 1.54) is 0 Å². The van der Waals surface area contributed by atoms with Crippen LogP contribution < -0.4 is 0 Å². The Morgan fingerprint density at radius 2 is 2.39 bits per heavy atom. The Kier molecular flexibility index (Phi) is 5.72. The van der Waals surface area contributed by atoms with Crippen molar-refractivity contribution in [3.8, 4) is 6.07 Å². The summed E-state index contributed by atoms with van der Waals surface area (Å²) in [6.45, 7) is 2.82. The second-order valence-corrected chi connectivity index (χ2v) is 5.66. The minimum atomic E-state index is -0.975. The summed E-state index contributed by atoms with van der Waals surface area (Å²) >= 11 is 0. The maximum atomic E-state index is 11.2. The van der Waals surface area contributed by atoms with Crippen LogP contribution in [-0.2, 0) is 14.4 Å². The molecule has 1 heterocycles. The number of benzene rings is 1. The summed E-state index contributed by atoms with van der Waals surface area (Å²) in [5.41, 5.74) is 0.963. The first-order chi connectivity index (χ1) is 11.1. The fourth-order valence-electron chi connectivity index (χ4n) is 2.45. The monoisotopic (exact) mass is 316 g/mol. The van der Waals surface area contributed by atoms with Gasteiger partial charge in [-0.15, -0.1) is 0 Å². The molecule has 23 heavy (non-hydrogen) atoms. The highest BCUT2D eigenvalue weighted by molar-refractivity contribution is 6.02. The van der Waals surface area contributed by atoms with Crippen molar-refractivity contribution in [1.82, 2.24) is 0 Å². The molecule has 0 fully saturated rings. The van der Waals surface area contributed by atoms with Crippen molar-refractivity contribution in [1.29, 1.82) is 5.26 Å². The van der Waals surface area contributed by atoms with Gasteiger partial charge in [0.25, 0.3) is 0 Å². The number of carboxylic acids is 1. The minimum absolute atomic E-state index is 0.177. The Morgan fingerprint density at radius 3 is 3.09 bits per heavy atom. The molecule has 0 saturated carbocycles. The zero-order valence-corrected chi connectivity index (χ0v) is 13.1. The molecule has 0 aromatic heterocycles. The number of aliphatic carboxylic acids is 1. The van der Waals surface area contributed by atoms with E-state index in [-0.39, 0.29) is 13.0 Å². The van der Waals surface area contributed by atoms with Crippen LogP contribution in [0.3, 0.4) is 0 Å². The lowest BCUT2D eigenvalue weighted by atomic mass is 9.91. The van der Waals surface area contributed by atoms with E-state index >= 15 is 0 Å². The maximum absolute atomic E-state index is 11.2. The molecule has 0 spiro atoms. The van der Waals surface area contributed by atoms with E-state index in [0.717, 1.165) is 18.4 Å². The first-order valence-electron chi connectivity index (χ1n) is 7.64. The zero-order valence-electron chi connectivity index (χ0n) is 13.1. The van der Waals surface area contributed by atoms with Crippen molar-refractivity contribution < 1.29 is 19.5 Å². The van der Waals surface area contributed by atoms with Gasteiger partial charge in [-0.25, -0.2) is 0 Å². The van der Waals surface area contributed by atoms with Crippen molar-refractivity contribution in [3.05, 3.63) is 35.4 Å². The van der Waals surface area contributed by atoms with E-state index < -0.39 is 11.6 Å². The van der Waals surface area contributed by atoms with Crippen LogP contribution in [0.1, 0.15) is 43.7 Å². The van der Waals surface area contributed by atoms with Crippen LogP contribution in [-0.4, -0.2) is 35.6 Å². The van der Waals surface area contributed by atoms with Crippen LogP contribution in [0.4, 0.5) is 0 Å². The molecule has 6 nitrogen and oxygen atoms in total. The van der Waals surface area contributed by atoms with E-state index in [2.05, 4.69) is 18.1 Å². The van der Waals surface area contributed by atoms with Crippen molar-refractivity contribution in [2.75, 3.05) is 13.2 Å². The molecular weight excluding hydrogens is 296 g/mol. The number of nitriles is 1. The van der Waals surface area contributed by atoms with Gasteiger partial charge in [-0.2, -0.15) is 5.26 Å². The molecule has 0 radical (unpaired) electrons. The summed E-state index contributed by atoms with van der Waals surface area (Å²) < 4.78 is 5.58. The summed E-state index contributed by atoms with van der Waals surface area (Å²) in [7, 11) is 0. The highest BCUT2D eigenvalue weighted by Crippen LogP contribution is 2.31. The molecule has 1 aromatic rings. The largest absolute Gasteiger partial charge is 0.481 e. The summed E-state index contributed by atoms with van der Waals surface area (Å²) in [4.78, 5) is 16.6. The van der Waals surface area contributed by atoms with Crippen LogP contribution >= 0.6 is 0 Å². The normalized spacial score (nSPS) is 19.7. The van der Waals surface area contributed by atoms with Gasteiger partial charge in [-0.1, -0.05) is 30.6 Å². The van der Waals surface area contributed by atoms with Gasteiger partial charge in [0.15, 0.2) is 5.60 Å². The molecule has 1 aliphatic heterocycles. The van der Waals surface area contributed by atoms with Crippen LogP contribution in [0.25, 0.3) is 0 Å². The molecule has 1 unspecified atom stereocenters. The molecule has 0 saturated heterocycles. The molecule has 122 valence electrons. The van der Waals surface area contributed by atoms with E-state index in [4.69, 9.17) is 19.9 Å². The average Bonchev–Trinajstić information content (AvgIpc) is 2.95. The zero-order chi connectivity index (χ0) is 16.7. The van der Waals surface area contributed by atoms with Gasteiger partial charge in [0, 0.05) is 18.6 Å². The predicted octanol–water partition coefficient (Wildman–Crippen LogP) is 2.71. The third-order valence-corrected chi connectivity index (χ3v) is 3.64. The second-order valence-electron chi connectivity index (χ2n) is 5.66. The number of carbonyl (C=O) groups is 1. The number of ether oxygens (including phenoxy) is 1. The molecule has 0 amide bonds. The van der Waals surface area contributed by atoms with Gasteiger partial charge in [-0.3, -0.25) is 4.79 Å². The Hall–Kier alpha value is -2.39. The van der Waals surface area contributed by atoms with Crippen LogP contribution in [0.5, 0.6) is 0 Å². The topological polar surface area (TPSA) is 91.9 Å². The molecule has 1 aliphatic rings. The molecule has 2 rings (SSSR count). The SMILES string of the molecule is CCCCOCC1(CC(=O)O)CC(c2cccc(C#N)c2)=NO1. The molecule has 1 aromatic carbocycles. The van der Waals surface area contributed by atoms with Gasteiger partial charge in [0.2, 0.25) is 0 Å². The van der Waals surface area contributed by atoms with E-state index in [9.17, 15) is 4.79 Å². The second kappa shape index (κ2) is 7.75. The smallest absolute Gasteiger partial charge is 0.307 e. The third kappa shape index (κ3) is 4.54. The number of carboxylic acid groups (broad SMARTS) is 1. The van der Waals surface area contributed by atoms with Crippen LogP contribution in [0, 0.1) is 11.3 Å². The quantitative estimate of drug-likeness (QED) is 0.744. The minimum Gasteiger partial charge on any atom is -0.481 e. The lowest BCUT2D eigenvalue weighted by Crippen LogP contribution is -2.37. The first kappa shape index (κ1) is 17.0. The number of unbranched alkanes of at least 4 members (excludes halogenated alkanes) is 1. The van der Waals surface area contributed by atoms with Gasteiger partial charge < -0.3 is 14.7 Å². The summed E-state index contributed by atoms with van der Waals surface area (Å²) in [6, 6.07) is 9.10. The van der Waals surface area contributed by atoms with E-state index in [1.54, 1.807) is 18.2 Å². The lowest BCUT2D eigenvalue weighted by molar-refractivity contribution is -0.148. The number of hydrogen-bond donors (Lipinski definition) is 1. The van der Waals surface area contributed by atoms with Gasteiger partial charge in [0.1, 0.15) is 0 Å². The van der Waals surface area contributed by atoms with Crippen molar-refractivity contribution in [2.24, 2.45) is 5.16 Å². The summed E-state index contributed by atoms with van der Waals surface area (Å²) in [5.74, 6) is -0.952. The Bertz CT molecular complexity index is 636.